The van der Waals surface area contributed by atoms with Crippen molar-refractivity contribution in [2.75, 3.05) is 39.3 Å². The van der Waals surface area contributed by atoms with E-state index in [1.54, 1.807) is 26.4 Å². The number of methoxy groups -OCH3 is 2. The second-order valence-corrected chi connectivity index (χ2v) is 4.93. The molecule has 1 aromatic carbocycles. The monoisotopic (exact) mass is 332 g/mol. The summed E-state index contributed by atoms with van der Waals surface area (Å²) in [6.07, 6.45) is 0.886. The number of anilines is 1. The quantitative estimate of drug-likeness (QED) is 0.563. The lowest BCUT2D eigenvalue weighted by molar-refractivity contribution is 0.146. The summed E-state index contributed by atoms with van der Waals surface area (Å²) in [4.78, 5) is 0. The van der Waals surface area contributed by atoms with Gasteiger partial charge >= 0.3 is 0 Å². The van der Waals surface area contributed by atoms with Crippen molar-refractivity contribution in [3.63, 3.8) is 0 Å². The fourth-order valence-electron chi connectivity index (χ4n) is 1.65. The maximum absolute atomic E-state index is 6.05. The van der Waals surface area contributed by atoms with Crippen molar-refractivity contribution >= 4 is 34.6 Å². The van der Waals surface area contributed by atoms with Gasteiger partial charge in [0.1, 0.15) is 11.5 Å². The Morgan fingerprint density at radius 3 is 2.57 bits per heavy atom. The molecule has 0 aliphatic carbocycles. The third kappa shape index (κ3) is 5.95. The van der Waals surface area contributed by atoms with Crippen LogP contribution in [0, 0.1) is 0 Å². The van der Waals surface area contributed by atoms with Gasteiger partial charge in [0, 0.05) is 31.9 Å². The fraction of sp³-hybridized carbons (Fsp3) is 0.500. The predicted molar refractivity (Wildman–Crippen MR) is 89.9 cm³/mol. The average Bonchev–Trinajstić information content (AvgIpc) is 2.48. The Bertz CT molecular complexity index is 472. The van der Waals surface area contributed by atoms with Crippen LogP contribution in [0.2, 0.25) is 5.02 Å². The van der Waals surface area contributed by atoms with Crippen molar-refractivity contribution in [1.29, 1.82) is 0 Å². The van der Waals surface area contributed by atoms with Crippen LogP contribution in [0.4, 0.5) is 5.69 Å². The number of hydrogen-bond acceptors (Lipinski definition) is 4. The maximum atomic E-state index is 6.05. The molecule has 0 fully saturated rings. The van der Waals surface area contributed by atoms with E-state index in [9.17, 15) is 0 Å². The number of hydrogen-bond donors (Lipinski definition) is 2. The van der Waals surface area contributed by atoms with E-state index in [1.807, 2.05) is 6.92 Å². The summed E-state index contributed by atoms with van der Waals surface area (Å²) in [5, 5.41) is 7.17. The summed E-state index contributed by atoms with van der Waals surface area (Å²) >= 11 is 11.3. The van der Waals surface area contributed by atoms with Crippen LogP contribution in [0.3, 0.4) is 0 Å². The van der Waals surface area contributed by atoms with Gasteiger partial charge in [0.05, 0.1) is 24.9 Å². The minimum atomic E-state index is 0.482. The molecule has 0 aliphatic rings. The van der Waals surface area contributed by atoms with Crippen molar-refractivity contribution < 1.29 is 14.2 Å². The highest BCUT2D eigenvalue weighted by atomic mass is 35.5. The van der Waals surface area contributed by atoms with Crippen molar-refractivity contribution in [3.8, 4) is 11.5 Å². The van der Waals surface area contributed by atoms with Crippen LogP contribution in [0.25, 0.3) is 0 Å². The highest BCUT2D eigenvalue weighted by Crippen LogP contribution is 2.35. The molecule has 0 aliphatic heterocycles. The Balaban J connectivity index is 2.58. The Labute approximate surface area is 135 Å². The molecule has 1 aromatic rings. The molecule has 7 heteroatoms. The molecule has 0 saturated heterocycles. The first-order chi connectivity index (χ1) is 10.1. The Morgan fingerprint density at radius 1 is 1.24 bits per heavy atom. The molecule has 0 unspecified atom stereocenters. The number of halogens is 1. The number of nitrogens with one attached hydrogen (secondary N) is 2. The SMILES string of the molecule is CCOCCCNC(=S)Nc1cc(OC)c(Cl)cc1OC. The molecule has 1 rings (SSSR count). The van der Waals surface area contributed by atoms with Gasteiger partial charge in [0.25, 0.3) is 0 Å². The van der Waals surface area contributed by atoms with Crippen LogP contribution in [0.15, 0.2) is 12.1 Å². The maximum Gasteiger partial charge on any atom is 0.170 e. The zero-order valence-corrected chi connectivity index (χ0v) is 14.1. The van der Waals surface area contributed by atoms with Gasteiger partial charge in [-0.15, -0.1) is 0 Å². The van der Waals surface area contributed by atoms with E-state index in [0.717, 1.165) is 19.6 Å². The van der Waals surface area contributed by atoms with Crippen LogP contribution in [-0.4, -0.2) is 39.1 Å². The molecule has 0 aromatic heterocycles. The molecular formula is C14H21ClN2O3S. The summed E-state index contributed by atoms with van der Waals surface area (Å²) < 4.78 is 15.7. The molecule has 5 nitrogen and oxygen atoms in total. The molecule has 0 bridgehead atoms. The van der Waals surface area contributed by atoms with Crippen LogP contribution < -0.4 is 20.1 Å². The molecule has 2 N–H and O–H groups in total. The van der Waals surface area contributed by atoms with Crippen molar-refractivity contribution in [3.05, 3.63) is 17.2 Å². The van der Waals surface area contributed by atoms with E-state index in [-0.39, 0.29) is 0 Å². The zero-order valence-electron chi connectivity index (χ0n) is 12.5. The number of benzene rings is 1. The molecule has 0 saturated carbocycles. The fourth-order valence-corrected chi connectivity index (χ4v) is 2.09. The summed E-state index contributed by atoms with van der Waals surface area (Å²) in [5.41, 5.74) is 0.695. The third-order valence-corrected chi connectivity index (χ3v) is 3.22. The zero-order chi connectivity index (χ0) is 15.7. The molecule has 21 heavy (non-hydrogen) atoms. The Hall–Kier alpha value is -1.24. The second kappa shape index (κ2) is 9.65. The largest absolute Gasteiger partial charge is 0.495 e. The standard InChI is InChI=1S/C14H21ClN2O3S/c1-4-20-7-5-6-16-14(21)17-11-9-12(18-2)10(15)8-13(11)19-3/h8-9H,4-7H2,1-3H3,(H2,16,17,21). The highest BCUT2D eigenvalue weighted by Gasteiger charge is 2.10. The lowest BCUT2D eigenvalue weighted by Gasteiger charge is -2.15. The smallest absolute Gasteiger partial charge is 0.170 e. The second-order valence-electron chi connectivity index (χ2n) is 4.12. The van der Waals surface area contributed by atoms with E-state index in [4.69, 9.17) is 38.0 Å². The molecule has 0 atom stereocenters. The normalized spacial score (nSPS) is 10.1. The molecule has 0 heterocycles. The lowest BCUT2D eigenvalue weighted by atomic mass is 10.2. The summed E-state index contributed by atoms with van der Waals surface area (Å²) in [6.45, 7) is 4.15. The average molecular weight is 333 g/mol. The molecular weight excluding hydrogens is 312 g/mol. The number of ether oxygens (including phenoxy) is 3. The summed E-state index contributed by atoms with van der Waals surface area (Å²) in [5.74, 6) is 1.15. The van der Waals surface area contributed by atoms with Crippen molar-refractivity contribution in [1.82, 2.24) is 5.32 Å². The van der Waals surface area contributed by atoms with Crippen LogP contribution in [0.1, 0.15) is 13.3 Å². The van der Waals surface area contributed by atoms with E-state index in [2.05, 4.69) is 10.6 Å². The van der Waals surface area contributed by atoms with E-state index in [1.165, 1.54) is 0 Å². The Kier molecular flexibility index (Phi) is 8.19. The van der Waals surface area contributed by atoms with Gasteiger partial charge in [-0.2, -0.15) is 0 Å². The van der Waals surface area contributed by atoms with Crippen molar-refractivity contribution in [2.24, 2.45) is 0 Å². The van der Waals surface area contributed by atoms with Gasteiger partial charge < -0.3 is 24.8 Å². The van der Waals surface area contributed by atoms with Crippen LogP contribution >= 0.6 is 23.8 Å². The summed E-state index contributed by atoms with van der Waals surface area (Å²) in [7, 11) is 3.13. The van der Waals surface area contributed by atoms with E-state index in [0.29, 0.717) is 33.9 Å². The van der Waals surface area contributed by atoms with Gasteiger partial charge in [-0.05, 0) is 25.6 Å². The van der Waals surface area contributed by atoms with E-state index < -0.39 is 0 Å². The molecule has 0 amide bonds. The lowest BCUT2D eigenvalue weighted by Crippen LogP contribution is -2.30. The van der Waals surface area contributed by atoms with Gasteiger partial charge in [-0.25, -0.2) is 0 Å². The minimum Gasteiger partial charge on any atom is -0.495 e. The first kappa shape index (κ1) is 17.8. The highest BCUT2D eigenvalue weighted by molar-refractivity contribution is 7.80. The molecule has 118 valence electrons. The topological polar surface area (TPSA) is 51.8 Å². The predicted octanol–water partition coefficient (Wildman–Crippen LogP) is 3.07. The van der Waals surface area contributed by atoms with Gasteiger partial charge in [-0.1, -0.05) is 11.6 Å². The number of thiocarbonyl (C=S) groups is 1. The van der Waals surface area contributed by atoms with Gasteiger partial charge in [-0.3, -0.25) is 0 Å². The van der Waals surface area contributed by atoms with E-state index >= 15 is 0 Å². The third-order valence-electron chi connectivity index (χ3n) is 2.68. The first-order valence-corrected chi connectivity index (χ1v) is 7.45. The van der Waals surface area contributed by atoms with Crippen LogP contribution in [-0.2, 0) is 4.74 Å². The van der Waals surface area contributed by atoms with Crippen molar-refractivity contribution in [2.45, 2.75) is 13.3 Å². The van der Waals surface area contributed by atoms with Gasteiger partial charge in [0.15, 0.2) is 5.11 Å². The van der Waals surface area contributed by atoms with Crippen LogP contribution in [0.5, 0.6) is 11.5 Å². The molecule has 0 spiro atoms. The minimum absolute atomic E-state index is 0.482. The molecule has 0 radical (unpaired) electrons. The number of rotatable bonds is 8. The first-order valence-electron chi connectivity index (χ1n) is 6.66. The Morgan fingerprint density at radius 2 is 1.95 bits per heavy atom. The van der Waals surface area contributed by atoms with Gasteiger partial charge in [0.2, 0.25) is 0 Å². The summed E-state index contributed by atoms with van der Waals surface area (Å²) in [6, 6.07) is 3.43.